The summed E-state index contributed by atoms with van der Waals surface area (Å²) in [6, 6.07) is 10.1. The maximum absolute atomic E-state index is 11.1. The van der Waals surface area contributed by atoms with Gasteiger partial charge in [-0.15, -0.1) is 0 Å². The first-order chi connectivity index (χ1) is 12.2. The van der Waals surface area contributed by atoms with Crippen molar-refractivity contribution in [2.24, 2.45) is 5.92 Å². The van der Waals surface area contributed by atoms with Crippen molar-refractivity contribution in [2.45, 2.75) is 19.4 Å². The molecule has 0 unspecified atom stereocenters. The number of hydrogen-bond acceptors (Lipinski definition) is 5. The Kier molecular flexibility index (Phi) is 4.05. The molecule has 0 atom stereocenters. The lowest BCUT2D eigenvalue weighted by Gasteiger charge is -2.31. The lowest BCUT2D eigenvalue weighted by Crippen LogP contribution is -2.36. The number of hydrogen-bond donors (Lipinski definition) is 1. The minimum Gasteiger partial charge on any atom is -0.481 e. The van der Waals surface area contributed by atoms with Gasteiger partial charge in [-0.2, -0.15) is 5.10 Å². The SMILES string of the molecule is O=C(O)C1CCN(c2ncnc3c2cnn3Cc2ccccc2)CC1. The van der Waals surface area contributed by atoms with Crippen LogP contribution in [0.4, 0.5) is 5.82 Å². The molecule has 2 aromatic heterocycles. The highest BCUT2D eigenvalue weighted by Gasteiger charge is 2.26. The predicted molar refractivity (Wildman–Crippen MR) is 93.4 cm³/mol. The van der Waals surface area contributed by atoms with Crippen LogP contribution in [0.5, 0.6) is 0 Å². The van der Waals surface area contributed by atoms with E-state index < -0.39 is 5.97 Å². The zero-order chi connectivity index (χ0) is 17.2. The van der Waals surface area contributed by atoms with Gasteiger partial charge in [-0.1, -0.05) is 30.3 Å². The van der Waals surface area contributed by atoms with Gasteiger partial charge in [-0.3, -0.25) is 4.79 Å². The number of rotatable bonds is 4. The lowest BCUT2D eigenvalue weighted by molar-refractivity contribution is -0.142. The number of aromatic nitrogens is 4. The summed E-state index contributed by atoms with van der Waals surface area (Å²) in [4.78, 5) is 22.1. The van der Waals surface area contributed by atoms with Gasteiger partial charge in [0, 0.05) is 13.1 Å². The molecule has 1 N–H and O–H groups in total. The Hall–Kier alpha value is -2.96. The van der Waals surface area contributed by atoms with Crippen LogP contribution in [0, 0.1) is 5.92 Å². The summed E-state index contributed by atoms with van der Waals surface area (Å²) < 4.78 is 1.87. The van der Waals surface area contributed by atoms with Gasteiger partial charge in [0.2, 0.25) is 0 Å². The highest BCUT2D eigenvalue weighted by atomic mass is 16.4. The van der Waals surface area contributed by atoms with Crippen molar-refractivity contribution in [1.82, 2.24) is 19.7 Å². The van der Waals surface area contributed by atoms with Crippen LogP contribution in [0.15, 0.2) is 42.9 Å². The number of carboxylic acid groups (broad SMARTS) is 1. The van der Waals surface area contributed by atoms with Crippen LogP contribution in [0.1, 0.15) is 18.4 Å². The summed E-state index contributed by atoms with van der Waals surface area (Å²) in [6.45, 7) is 2.03. The number of carboxylic acids is 1. The molecule has 0 saturated carbocycles. The smallest absolute Gasteiger partial charge is 0.306 e. The van der Waals surface area contributed by atoms with Crippen molar-refractivity contribution in [3.05, 3.63) is 48.4 Å². The molecule has 3 heterocycles. The topological polar surface area (TPSA) is 84.1 Å². The predicted octanol–water partition coefficient (Wildman–Crippen LogP) is 2.18. The first kappa shape index (κ1) is 15.6. The first-order valence-electron chi connectivity index (χ1n) is 8.40. The Morgan fingerprint density at radius 1 is 1.16 bits per heavy atom. The number of piperidine rings is 1. The molecule has 25 heavy (non-hydrogen) atoms. The molecule has 0 bridgehead atoms. The fraction of sp³-hybridized carbons (Fsp3) is 0.333. The molecular formula is C18H19N5O2. The molecular weight excluding hydrogens is 318 g/mol. The molecule has 1 saturated heterocycles. The van der Waals surface area contributed by atoms with Crippen LogP contribution < -0.4 is 4.90 Å². The molecule has 0 amide bonds. The molecule has 0 aliphatic carbocycles. The fourth-order valence-corrected chi connectivity index (χ4v) is 3.34. The summed E-state index contributed by atoms with van der Waals surface area (Å²) in [6.07, 6.45) is 4.64. The Morgan fingerprint density at radius 3 is 2.64 bits per heavy atom. The molecule has 1 fully saturated rings. The molecule has 3 aromatic rings. The number of aliphatic carboxylic acids is 1. The fourth-order valence-electron chi connectivity index (χ4n) is 3.34. The van der Waals surface area contributed by atoms with Crippen LogP contribution in [-0.2, 0) is 11.3 Å². The van der Waals surface area contributed by atoms with Crippen LogP contribution in [0.3, 0.4) is 0 Å². The second-order valence-corrected chi connectivity index (χ2v) is 6.32. The number of carbonyl (C=O) groups is 1. The third-order valence-corrected chi connectivity index (χ3v) is 4.73. The Bertz CT molecular complexity index is 885. The van der Waals surface area contributed by atoms with Crippen molar-refractivity contribution in [3.8, 4) is 0 Å². The maximum Gasteiger partial charge on any atom is 0.306 e. The molecule has 0 spiro atoms. The number of anilines is 1. The average molecular weight is 337 g/mol. The minimum absolute atomic E-state index is 0.255. The molecule has 4 rings (SSSR count). The quantitative estimate of drug-likeness (QED) is 0.785. The normalized spacial score (nSPS) is 15.6. The van der Waals surface area contributed by atoms with E-state index >= 15 is 0 Å². The molecule has 1 aliphatic rings. The summed E-state index contributed by atoms with van der Waals surface area (Å²) in [5, 5.41) is 14.5. The molecule has 1 aromatic carbocycles. The van der Waals surface area contributed by atoms with Gasteiger partial charge in [-0.25, -0.2) is 14.6 Å². The summed E-state index contributed by atoms with van der Waals surface area (Å²) in [7, 11) is 0. The van der Waals surface area contributed by atoms with Crippen LogP contribution in [0.25, 0.3) is 11.0 Å². The third kappa shape index (κ3) is 3.05. The summed E-state index contributed by atoms with van der Waals surface area (Å²) >= 11 is 0. The van der Waals surface area contributed by atoms with E-state index in [4.69, 9.17) is 5.11 Å². The van der Waals surface area contributed by atoms with Crippen LogP contribution in [-0.4, -0.2) is 43.9 Å². The highest BCUT2D eigenvalue weighted by molar-refractivity contribution is 5.86. The third-order valence-electron chi connectivity index (χ3n) is 4.73. The number of benzene rings is 1. The van der Waals surface area contributed by atoms with Gasteiger partial charge in [0.05, 0.1) is 24.0 Å². The summed E-state index contributed by atoms with van der Waals surface area (Å²) in [5.41, 5.74) is 1.96. The molecule has 1 aliphatic heterocycles. The maximum atomic E-state index is 11.1. The second kappa shape index (κ2) is 6.51. The molecule has 128 valence electrons. The van der Waals surface area contributed by atoms with Crippen molar-refractivity contribution in [2.75, 3.05) is 18.0 Å². The van der Waals surface area contributed by atoms with E-state index in [1.165, 1.54) is 0 Å². The zero-order valence-corrected chi connectivity index (χ0v) is 13.7. The van der Waals surface area contributed by atoms with Crippen LogP contribution >= 0.6 is 0 Å². The average Bonchev–Trinajstić information content (AvgIpc) is 3.06. The Balaban J connectivity index is 1.60. The van der Waals surface area contributed by atoms with Gasteiger partial charge in [0.25, 0.3) is 0 Å². The number of fused-ring (bicyclic) bond motifs is 1. The van der Waals surface area contributed by atoms with E-state index in [9.17, 15) is 4.79 Å². The van der Waals surface area contributed by atoms with Crippen molar-refractivity contribution in [3.63, 3.8) is 0 Å². The van der Waals surface area contributed by atoms with E-state index in [0.717, 1.165) is 22.4 Å². The molecule has 7 nitrogen and oxygen atoms in total. The monoisotopic (exact) mass is 337 g/mol. The van der Waals surface area contributed by atoms with Crippen molar-refractivity contribution in [1.29, 1.82) is 0 Å². The van der Waals surface area contributed by atoms with Gasteiger partial charge in [0.1, 0.15) is 12.1 Å². The van der Waals surface area contributed by atoms with Crippen molar-refractivity contribution >= 4 is 22.8 Å². The molecule has 7 heteroatoms. The highest BCUT2D eigenvalue weighted by Crippen LogP contribution is 2.27. The van der Waals surface area contributed by atoms with Crippen molar-refractivity contribution < 1.29 is 9.90 Å². The van der Waals surface area contributed by atoms with Crippen LogP contribution in [0.2, 0.25) is 0 Å². The lowest BCUT2D eigenvalue weighted by atomic mass is 9.97. The van der Waals surface area contributed by atoms with E-state index in [0.29, 0.717) is 32.5 Å². The standard InChI is InChI=1S/C18H19N5O2/c24-18(25)14-6-8-22(9-7-14)16-15-10-21-23(17(15)20-12-19-16)11-13-4-2-1-3-5-13/h1-5,10,12,14H,6-9,11H2,(H,24,25). The van der Waals surface area contributed by atoms with Gasteiger partial charge in [-0.05, 0) is 18.4 Å². The minimum atomic E-state index is -0.705. The van der Waals surface area contributed by atoms with E-state index in [1.54, 1.807) is 12.5 Å². The Labute approximate surface area is 144 Å². The Morgan fingerprint density at radius 2 is 1.92 bits per heavy atom. The molecule has 0 radical (unpaired) electrons. The van der Waals surface area contributed by atoms with Gasteiger partial charge in [0.15, 0.2) is 5.65 Å². The van der Waals surface area contributed by atoms with E-state index in [2.05, 4.69) is 32.1 Å². The van der Waals surface area contributed by atoms with E-state index in [1.807, 2.05) is 22.9 Å². The van der Waals surface area contributed by atoms with Gasteiger partial charge >= 0.3 is 5.97 Å². The van der Waals surface area contributed by atoms with E-state index in [-0.39, 0.29) is 5.92 Å². The largest absolute Gasteiger partial charge is 0.481 e. The second-order valence-electron chi connectivity index (χ2n) is 6.32. The summed E-state index contributed by atoms with van der Waals surface area (Å²) in [5.74, 6) is -0.120. The zero-order valence-electron chi connectivity index (χ0n) is 13.7. The van der Waals surface area contributed by atoms with Gasteiger partial charge < -0.3 is 10.0 Å². The number of nitrogens with zero attached hydrogens (tertiary/aromatic N) is 5. The first-order valence-corrected chi connectivity index (χ1v) is 8.40.